The zero-order valence-electron chi connectivity index (χ0n) is 29.9. The van der Waals surface area contributed by atoms with Gasteiger partial charge < -0.3 is 9.13 Å². The van der Waals surface area contributed by atoms with Gasteiger partial charge in [0.05, 0.1) is 50.5 Å². The summed E-state index contributed by atoms with van der Waals surface area (Å²) in [5.41, 5.74) is 13.0. The van der Waals surface area contributed by atoms with E-state index in [4.69, 9.17) is 4.98 Å². The second-order valence-electron chi connectivity index (χ2n) is 14.0. The summed E-state index contributed by atoms with van der Waals surface area (Å²) < 4.78 is 7.22. The third-order valence-electron chi connectivity index (χ3n) is 10.8. The maximum atomic E-state index is 5.54. The van der Waals surface area contributed by atoms with Crippen LogP contribution in [0, 0.1) is 0 Å². The van der Waals surface area contributed by atoms with Crippen molar-refractivity contribution in [2.75, 3.05) is 0 Å². The number of aromatic nitrogens is 4. The first kappa shape index (κ1) is 31.1. The molecule has 258 valence electrons. The van der Waals surface area contributed by atoms with Gasteiger partial charge in [0.25, 0.3) is 0 Å². The molecule has 0 atom stereocenters. The Bertz CT molecular complexity index is 2950. The third-order valence-corrected chi connectivity index (χ3v) is 10.8. The van der Waals surface area contributed by atoms with E-state index in [0.29, 0.717) is 0 Å². The van der Waals surface area contributed by atoms with Crippen molar-refractivity contribution >= 4 is 43.6 Å². The van der Waals surface area contributed by atoms with Gasteiger partial charge in [-0.15, -0.1) is 0 Å². The monoisotopic (exact) mass is 702 g/mol. The summed E-state index contributed by atoms with van der Waals surface area (Å²) in [4.78, 5) is 5.54. The minimum atomic E-state index is 0.880. The van der Waals surface area contributed by atoms with Crippen LogP contribution >= 0.6 is 0 Å². The summed E-state index contributed by atoms with van der Waals surface area (Å²) in [6.07, 6.45) is 0. The highest BCUT2D eigenvalue weighted by Crippen LogP contribution is 2.41. The number of hydrogen-bond donors (Lipinski definition) is 0. The Balaban J connectivity index is 1.31. The first-order valence-electron chi connectivity index (χ1n) is 18.7. The van der Waals surface area contributed by atoms with Gasteiger partial charge in [-0.3, -0.25) is 4.57 Å². The molecule has 0 aliphatic rings. The molecule has 0 amide bonds. The molecular formula is C51H34N4. The molecule has 3 heterocycles. The Morgan fingerprint density at radius 3 is 1.04 bits per heavy atom. The van der Waals surface area contributed by atoms with E-state index < -0.39 is 0 Å². The van der Waals surface area contributed by atoms with Crippen molar-refractivity contribution in [1.82, 2.24) is 18.7 Å². The summed E-state index contributed by atoms with van der Waals surface area (Å²) in [6, 6.07) is 73.8. The number of fused-ring (bicyclic) bond motifs is 6. The fourth-order valence-corrected chi connectivity index (χ4v) is 8.48. The van der Waals surface area contributed by atoms with Crippen LogP contribution in [0.15, 0.2) is 206 Å². The quantitative estimate of drug-likeness (QED) is 0.169. The lowest BCUT2D eigenvalue weighted by Gasteiger charge is -2.19. The molecule has 11 aromatic rings. The maximum Gasteiger partial charge on any atom is 0.145 e. The Hall–Kier alpha value is -7.43. The van der Waals surface area contributed by atoms with Crippen LogP contribution in [0.4, 0.5) is 0 Å². The number of hydrogen-bond acceptors (Lipinski definition) is 1. The van der Waals surface area contributed by atoms with Gasteiger partial charge >= 0.3 is 0 Å². The van der Waals surface area contributed by atoms with E-state index in [1.54, 1.807) is 0 Å². The molecule has 4 nitrogen and oxygen atoms in total. The minimum Gasteiger partial charge on any atom is -0.309 e. The minimum absolute atomic E-state index is 0.880. The van der Waals surface area contributed by atoms with Crippen LogP contribution in [-0.4, -0.2) is 18.7 Å². The van der Waals surface area contributed by atoms with Crippen molar-refractivity contribution in [3.8, 4) is 51.0 Å². The molecular weight excluding hydrogens is 669 g/mol. The summed E-state index contributed by atoms with van der Waals surface area (Å²) >= 11 is 0. The zero-order valence-corrected chi connectivity index (χ0v) is 29.9. The van der Waals surface area contributed by atoms with Crippen molar-refractivity contribution in [2.45, 2.75) is 0 Å². The number of rotatable bonds is 6. The second kappa shape index (κ2) is 12.6. The van der Waals surface area contributed by atoms with Gasteiger partial charge in [0, 0.05) is 38.2 Å². The molecule has 55 heavy (non-hydrogen) atoms. The Labute approximate surface area is 318 Å². The van der Waals surface area contributed by atoms with Crippen molar-refractivity contribution in [3.05, 3.63) is 206 Å². The summed E-state index contributed by atoms with van der Waals surface area (Å²) in [7, 11) is 0. The number of para-hydroxylation sites is 4. The number of imidazole rings is 1. The van der Waals surface area contributed by atoms with E-state index in [1.165, 1.54) is 21.5 Å². The average molecular weight is 703 g/mol. The van der Waals surface area contributed by atoms with Gasteiger partial charge in [0.15, 0.2) is 0 Å². The van der Waals surface area contributed by atoms with Gasteiger partial charge in [-0.05, 0) is 42.5 Å². The molecule has 0 unspecified atom stereocenters. The molecule has 3 aromatic heterocycles. The van der Waals surface area contributed by atoms with Crippen molar-refractivity contribution in [1.29, 1.82) is 0 Å². The lowest BCUT2D eigenvalue weighted by molar-refractivity contribution is 1.05. The van der Waals surface area contributed by atoms with Gasteiger partial charge in [-0.2, -0.15) is 0 Å². The lowest BCUT2D eigenvalue weighted by atomic mass is 10.0. The molecule has 0 bridgehead atoms. The fraction of sp³-hybridized carbons (Fsp3) is 0. The first-order valence-corrected chi connectivity index (χ1v) is 18.7. The van der Waals surface area contributed by atoms with Crippen LogP contribution in [0.3, 0.4) is 0 Å². The molecule has 8 aromatic carbocycles. The standard InChI is InChI=1S/C51H34N4/c1-4-18-35(19-5-1)49-50(36-20-6-2-7-21-36)55(51(52-49)37-22-8-3-9-23-37)40-33-38(53-45-28-14-10-24-41(45)42-25-11-15-29-46(42)53)32-39(34-40)54-47-30-16-12-26-43(47)44-27-13-17-31-48(44)54/h1-34H. The summed E-state index contributed by atoms with van der Waals surface area (Å²) in [5.74, 6) is 0.880. The van der Waals surface area contributed by atoms with E-state index >= 15 is 0 Å². The fourth-order valence-electron chi connectivity index (χ4n) is 8.48. The number of nitrogens with zero attached hydrogens (tertiary/aromatic N) is 4. The SMILES string of the molecule is c1ccc(-c2nc(-c3ccccc3)n(-c3cc(-n4c5ccccc5c5ccccc54)cc(-n4c5ccccc5c5ccccc54)c3)c2-c2ccccc2)cc1. The smallest absolute Gasteiger partial charge is 0.145 e. The second-order valence-corrected chi connectivity index (χ2v) is 14.0. The highest BCUT2D eigenvalue weighted by Gasteiger charge is 2.24. The first-order chi connectivity index (χ1) is 27.3. The average Bonchev–Trinajstić information content (AvgIpc) is 3.93. The van der Waals surface area contributed by atoms with E-state index in [2.05, 4.69) is 220 Å². The normalized spacial score (nSPS) is 11.6. The molecule has 0 radical (unpaired) electrons. The molecule has 0 aliphatic carbocycles. The number of benzene rings is 8. The summed E-state index contributed by atoms with van der Waals surface area (Å²) in [6.45, 7) is 0. The third kappa shape index (κ3) is 4.96. The predicted octanol–water partition coefficient (Wildman–Crippen LogP) is 13.1. The van der Waals surface area contributed by atoms with Crippen LogP contribution in [0.5, 0.6) is 0 Å². The highest BCUT2D eigenvalue weighted by molar-refractivity contribution is 6.10. The van der Waals surface area contributed by atoms with Crippen LogP contribution in [0.25, 0.3) is 94.6 Å². The Morgan fingerprint density at radius 1 is 0.291 bits per heavy atom. The molecule has 0 N–H and O–H groups in total. The van der Waals surface area contributed by atoms with E-state index in [1.807, 2.05) is 0 Å². The molecule has 4 heteroatoms. The molecule has 0 fully saturated rings. The van der Waals surface area contributed by atoms with Gasteiger partial charge in [-0.25, -0.2) is 4.98 Å². The highest BCUT2D eigenvalue weighted by atomic mass is 15.1. The van der Waals surface area contributed by atoms with Gasteiger partial charge in [0.1, 0.15) is 5.82 Å². The van der Waals surface area contributed by atoms with E-state index in [9.17, 15) is 0 Å². The van der Waals surface area contributed by atoms with Crippen LogP contribution in [-0.2, 0) is 0 Å². The summed E-state index contributed by atoms with van der Waals surface area (Å²) in [5, 5.41) is 4.91. The molecule has 11 rings (SSSR count). The van der Waals surface area contributed by atoms with Crippen molar-refractivity contribution in [2.24, 2.45) is 0 Å². The zero-order chi connectivity index (χ0) is 36.3. The van der Waals surface area contributed by atoms with Gasteiger partial charge in [-0.1, -0.05) is 164 Å². The lowest BCUT2D eigenvalue weighted by Crippen LogP contribution is -2.05. The topological polar surface area (TPSA) is 27.7 Å². The Kier molecular flexibility index (Phi) is 7.14. The van der Waals surface area contributed by atoms with E-state index in [-0.39, 0.29) is 0 Å². The van der Waals surface area contributed by atoms with Crippen molar-refractivity contribution < 1.29 is 0 Å². The molecule has 0 saturated heterocycles. The van der Waals surface area contributed by atoms with E-state index in [0.717, 1.165) is 73.0 Å². The van der Waals surface area contributed by atoms with Crippen LogP contribution < -0.4 is 0 Å². The van der Waals surface area contributed by atoms with Crippen molar-refractivity contribution in [3.63, 3.8) is 0 Å². The maximum absolute atomic E-state index is 5.54. The molecule has 0 saturated carbocycles. The predicted molar refractivity (Wildman–Crippen MR) is 229 cm³/mol. The molecule has 0 aliphatic heterocycles. The molecule has 0 spiro atoms. The van der Waals surface area contributed by atoms with Gasteiger partial charge in [0.2, 0.25) is 0 Å². The van der Waals surface area contributed by atoms with Crippen LogP contribution in [0.1, 0.15) is 0 Å². The largest absolute Gasteiger partial charge is 0.309 e. The van der Waals surface area contributed by atoms with Crippen LogP contribution in [0.2, 0.25) is 0 Å². The Morgan fingerprint density at radius 2 is 0.618 bits per heavy atom.